The average Bonchev–Trinajstić information content (AvgIpc) is 2.85. The third kappa shape index (κ3) is 2.15. The lowest BCUT2D eigenvalue weighted by atomic mass is 9.77. The van der Waals surface area contributed by atoms with Crippen LogP contribution >= 0.6 is 11.6 Å². The number of halogens is 1. The number of carbonyl (C=O) groups excluding carboxylic acids is 1. The lowest BCUT2D eigenvalue weighted by Gasteiger charge is -2.42. The first kappa shape index (κ1) is 12.9. The number of hydrogen-bond acceptors (Lipinski definition) is 2. The van der Waals surface area contributed by atoms with Gasteiger partial charge in [-0.2, -0.15) is 0 Å². The van der Waals surface area contributed by atoms with Crippen molar-refractivity contribution < 1.29 is 9.90 Å². The van der Waals surface area contributed by atoms with Crippen molar-refractivity contribution in [2.24, 2.45) is 0 Å². The van der Waals surface area contributed by atoms with E-state index in [1.807, 2.05) is 24.3 Å². The van der Waals surface area contributed by atoms with Gasteiger partial charge in [0.1, 0.15) is 0 Å². The Balaban J connectivity index is 1.93. The SMILES string of the molecule is O=C(N1CC(O)C1)C1(c2cccc(Cl)c2)CCCC1. The van der Waals surface area contributed by atoms with E-state index in [-0.39, 0.29) is 12.0 Å². The number of rotatable bonds is 2. The van der Waals surface area contributed by atoms with Crippen molar-refractivity contribution in [1.82, 2.24) is 4.90 Å². The van der Waals surface area contributed by atoms with Crippen LogP contribution in [0.15, 0.2) is 24.3 Å². The molecule has 1 heterocycles. The second kappa shape index (κ2) is 4.80. The lowest BCUT2D eigenvalue weighted by Crippen LogP contribution is -2.58. The quantitative estimate of drug-likeness (QED) is 0.903. The van der Waals surface area contributed by atoms with Crippen molar-refractivity contribution in [1.29, 1.82) is 0 Å². The zero-order valence-corrected chi connectivity index (χ0v) is 11.6. The fourth-order valence-corrected chi connectivity index (χ4v) is 3.50. The molecule has 1 aromatic rings. The molecule has 1 N–H and O–H groups in total. The van der Waals surface area contributed by atoms with Gasteiger partial charge in [-0.05, 0) is 30.5 Å². The predicted molar refractivity (Wildman–Crippen MR) is 74.2 cm³/mol. The number of aliphatic hydroxyl groups excluding tert-OH is 1. The highest BCUT2D eigenvalue weighted by Gasteiger charge is 2.47. The van der Waals surface area contributed by atoms with Gasteiger partial charge in [-0.3, -0.25) is 4.79 Å². The molecule has 0 atom stereocenters. The lowest BCUT2D eigenvalue weighted by molar-refractivity contribution is -0.147. The Morgan fingerprint density at radius 1 is 1.32 bits per heavy atom. The first-order chi connectivity index (χ1) is 9.12. The Morgan fingerprint density at radius 2 is 2.00 bits per heavy atom. The van der Waals surface area contributed by atoms with Crippen molar-refractivity contribution in [2.75, 3.05) is 13.1 Å². The van der Waals surface area contributed by atoms with E-state index < -0.39 is 5.41 Å². The van der Waals surface area contributed by atoms with E-state index in [4.69, 9.17) is 11.6 Å². The van der Waals surface area contributed by atoms with Crippen LogP contribution in [-0.2, 0) is 10.2 Å². The molecule has 1 aromatic carbocycles. The molecule has 0 bridgehead atoms. The van der Waals surface area contributed by atoms with Crippen LogP contribution < -0.4 is 0 Å². The van der Waals surface area contributed by atoms with Crippen LogP contribution in [0, 0.1) is 0 Å². The zero-order valence-electron chi connectivity index (χ0n) is 10.8. The van der Waals surface area contributed by atoms with Crippen molar-refractivity contribution in [3.8, 4) is 0 Å². The third-order valence-electron chi connectivity index (χ3n) is 4.39. The number of amides is 1. The minimum atomic E-state index is -0.412. The minimum Gasteiger partial charge on any atom is -0.389 e. The highest BCUT2D eigenvalue weighted by Crippen LogP contribution is 2.43. The van der Waals surface area contributed by atoms with Gasteiger partial charge in [-0.1, -0.05) is 36.6 Å². The molecule has 1 saturated heterocycles. The van der Waals surface area contributed by atoms with Gasteiger partial charge < -0.3 is 10.0 Å². The van der Waals surface area contributed by atoms with Crippen molar-refractivity contribution in [3.05, 3.63) is 34.9 Å². The summed E-state index contributed by atoms with van der Waals surface area (Å²) < 4.78 is 0. The molecule has 3 nitrogen and oxygen atoms in total. The molecular formula is C15H18ClNO2. The van der Waals surface area contributed by atoms with E-state index in [0.717, 1.165) is 31.2 Å². The summed E-state index contributed by atoms with van der Waals surface area (Å²) >= 11 is 6.08. The Hall–Kier alpha value is -1.06. The zero-order chi connectivity index (χ0) is 13.5. The van der Waals surface area contributed by atoms with Crippen LogP contribution in [0.3, 0.4) is 0 Å². The van der Waals surface area contributed by atoms with E-state index in [2.05, 4.69) is 0 Å². The van der Waals surface area contributed by atoms with Crippen LogP contribution in [0.25, 0.3) is 0 Å². The first-order valence-electron chi connectivity index (χ1n) is 6.85. The molecule has 102 valence electrons. The van der Waals surface area contributed by atoms with E-state index in [1.54, 1.807) is 4.90 Å². The summed E-state index contributed by atoms with van der Waals surface area (Å²) in [6.45, 7) is 0.947. The fraction of sp³-hybridized carbons (Fsp3) is 0.533. The monoisotopic (exact) mass is 279 g/mol. The Bertz CT molecular complexity index is 491. The molecule has 0 radical (unpaired) electrons. The van der Waals surface area contributed by atoms with Crippen LogP contribution in [0.1, 0.15) is 31.2 Å². The number of carbonyl (C=O) groups is 1. The molecule has 1 amide bonds. The summed E-state index contributed by atoms with van der Waals surface area (Å²) in [6.07, 6.45) is 3.59. The molecule has 2 fully saturated rings. The van der Waals surface area contributed by atoms with Crippen molar-refractivity contribution in [2.45, 2.75) is 37.2 Å². The maximum Gasteiger partial charge on any atom is 0.233 e. The van der Waals surface area contributed by atoms with E-state index >= 15 is 0 Å². The Kier molecular flexibility index (Phi) is 3.27. The van der Waals surface area contributed by atoms with Gasteiger partial charge >= 0.3 is 0 Å². The van der Waals surface area contributed by atoms with Crippen molar-refractivity contribution in [3.63, 3.8) is 0 Å². The molecule has 1 aliphatic carbocycles. The Labute approximate surface area is 118 Å². The molecule has 0 aromatic heterocycles. The molecule has 0 unspecified atom stereocenters. The second-order valence-corrected chi connectivity index (χ2v) is 6.10. The van der Waals surface area contributed by atoms with E-state index in [9.17, 15) is 9.90 Å². The second-order valence-electron chi connectivity index (χ2n) is 5.66. The number of nitrogens with zero attached hydrogens (tertiary/aromatic N) is 1. The number of hydrogen-bond donors (Lipinski definition) is 1. The van der Waals surface area contributed by atoms with Crippen LogP contribution in [0.5, 0.6) is 0 Å². The van der Waals surface area contributed by atoms with Gasteiger partial charge in [0.15, 0.2) is 0 Å². The summed E-state index contributed by atoms with van der Waals surface area (Å²) in [5.41, 5.74) is 0.620. The summed E-state index contributed by atoms with van der Waals surface area (Å²) in [4.78, 5) is 14.6. The Morgan fingerprint density at radius 3 is 2.58 bits per heavy atom. The van der Waals surface area contributed by atoms with Crippen LogP contribution in [0.2, 0.25) is 5.02 Å². The molecule has 0 spiro atoms. The van der Waals surface area contributed by atoms with Crippen LogP contribution in [0.4, 0.5) is 0 Å². The maximum atomic E-state index is 12.8. The largest absolute Gasteiger partial charge is 0.389 e. The summed E-state index contributed by atoms with van der Waals surface area (Å²) in [6, 6.07) is 7.67. The summed E-state index contributed by atoms with van der Waals surface area (Å²) in [5, 5.41) is 10.1. The average molecular weight is 280 g/mol. The van der Waals surface area contributed by atoms with E-state index in [1.165, 1.54) is 0 Å². The normalized spacial score (nSPS) is 22.3. The number of β-amino-alcohol motifs (C(OH)–C–C–N with tert-alkyl or cyclic N) is 1. The minimum absolute atomic E-state index is 0.164. The molecule has 3 rings (SSSR count). The number of benzene rings is 1. The van der Waals surface area contributed by atoms with Gasteiger partial charge in [0.2, 0.25) is 5.91 Å². The van der Waals surface area contributed by atoms with Gasteiger partial charge in [0, 0.05) is 18.1 Å². The summed E-state index contributed by atoms with van der Waals surface area (Å²) in [7, 11) is 0. The highest BCUT2D eigenvalue weighted by atomic mass is 35.5. The van der Waals surface area contributed by atoms with Gasteiger partial charge in [-0.25, -0.2) is 0 Å². The fourth-order valence-electron chi connectivity index (χ4n) is 3.31. The third-order valence-corrected chi connectivity index (χ3v) is 4.63. The van der Waals surface area contributed by atoms with Gasteiger partial charge in [-0.15, -0.1) is 0 Å². The van der Waals surface area contributed by atoms with Gasteiger partial charge in [0.25, 0.3) is 0 Å². The number of likely N-dealkylation sites (tertiary alicyclic amines) is 1. The molecule has 1 saturated carbocycles. The molecule has 4 heteroatoms. The maximum absolute atomic E-state index is 12.8. The summed E-state index contributed by atoms with van der Waals surface area (Å²) in [5.74, 6) is 0.164. The molecule has 1 aliphatic heterocycles. The first-order valence-corrected chi connectivity index (χ1v) is 7.23. The van der Waals surface area contributed by atoms with Crippen LogP contribution in [-0.4, -0.2) is 35.1 Å². The standard InChI is InChI=1S/C15H18ClNO2/c16-12-5-3-4-11(8-12)15(6-1-2-7-15)14(19)17-9-13(18)10-17/h3-5,8,13,18H,1-2,6-7,9-10H2. The number of aliphatic hydroxyl groups is 1. The smallest absolute Gasteiger partial charge is 0.233 e. The highest BCUT2D eigenvalue weighted by molar-refractivity contribution is 6.30. The molecular weight excluding hydrogens is 262 g/mol. The van der Waals surface area contributed by atoms with E-state index in [0.29, 0.717) is 18.1 Å². The topological polar surface area (TPSA) is 40.5 Å². The van der Waals surface area contributed by atoms with Crippen molar-refractivity contribution >= 4 is 17.5 Å². The molecule has 19 heavy (non-hydrogen) atoms. The molecule has 2 aliphatic rings. The predicted octanol–water partition coefficient (Wildman–Crippen LogP) is 2.35. The van der Waals surface area contributed by atoms with Gasteiger partial charge in [0.05, 0.1) is 11.5 Å².